The molecular weight excluding hydrogens is 306 g/mol. The normalized spacial score (nSPS) is 41.4. The van der Waals surface area contributed by atoms with Crippen molar-refractivity contribution in [3.63, 3.8) is 0 Å². The maximum atomic E-state index is 12.4. The van der Waals surface area contributed by atoms with Gasteiger partial charge in [0.1, 0.15) is 0 Å². The molecule has 0 unspecified atom stereocenters. The monoisotopic (exact) mass is 327 g/mol. The smallest absolute Gasteiger partial charge is 0.339 e. The predicted molar refractivity (Wildman–Crippen MR) is 81.3 cm³/mol. The van der Waals surface area contributed by atoms with Crippen LogP contribution in [0.15, 0.2) is 12.2 Å². The number of halogens is 1. The molecule has 1 aliphatic carbocycles. The van der Waals surface area contributed by atoms with E-state index in [9.17, 15) is 14.7 Å². The van der Waals surface area contributed by atoms with E-state index in [0.29, 0.717) is 18.7 Å². The van der Waals surface area contributed by atoms with Crippen LogP contribution in [0.4, 0.5) is 0 Å². The molecule has 2 N–H and O–H groups in total. The molecule has 2 heterocycles. The van der Waals surface area contributed by atoms with Crippen LogP contribution in [0, 0.1) is 11.8 Å². The van der Waals surface area contributed by atoms with Crippen molar-refractivity contribution < 1.29 is 19.4 Å². The summed E-state index contributed by atoms with van der Waals surface area (Å²) < 4.78 is 5.40. The molecule has 0 radical (unpaired) electrons. The zero-order valence-electron chi connectivity index (χ0n) is 12.7. The van der Waals surface area contributed by atoms with Crippen LogP contribution in [-0.4, -0.2) is 40.1 Å². The van der Waals surface area contributed by atoms with Crippen LogP contribution < -0.4 is 5.32 Å². The largest absolute Gasteiger partial charge is 0.453 e. The first-order valence-electron chi connectivity index (χ1n) is 7.93. The fourth-order valence-corrected chi connectivity index (χ4v) is 4.32. The Morgan fingerprint density at radius 1 is 1.55 bits per heavy atom. The van der Waals surface area contributed by atoms with Crippen molar-refractivity contribution in [1.29, 1.82) is 0 Å². The number of hydrogen-bond donors (Lipinski definition) is 2. The Hall–Kier alpha value is -1.07. The summed E-state index contributed by atoms with van der Waals surface area (Å²) in [5, 5.41) is 13.6. The Morgan fingerprint density at radius 3 is 2.91 bits per heavy atom. The maximum absolute atomic E-state index is 12.4. The molecule has 0 aromatic carbocycles. The Kier molecular flexibility index (Phi) is 3.98. The minimum Gasteiger partial charge on any atom is -0.453 e. The SMILES string of the molecule is C[C@@]12OC(=O)[C@]1([C@@H](O)[C@@H]1C=CCCC1)NC(=O)[C@@H]2CCCCl. The minimum atomic E-state index is -1.31. The molecule has 5 atom stereocenters. The van der Waals surface area contributed by atoms with E-state index in [1.54, 1.807) is 6.92 Å². The van der Waals surface area contributed by atoms with Gasteiger partial charge in [-0.15, -0.1) is 11.6 Å². The average molecular weight is 328 g/mol. The molecule has 6 heteroatoms. The number of alkyl halides is 1. The van der Waals surface area contributed by atoms with Crippen molar-refractivity contribution in [3.8, 4) is 0 Å². The highest BCUT2D eigenvalue weighted by atomic mass is 35.5. The van der Waals surface area contributed by atoms with E-state index in [2.05, 4.69) is 5.32 Å². The topological polar surface area (TPSA) is 75.6 Å². The van der Waals surface area contributed by atoms with Crippen molar-refractivity contribution in [1.82, 2.24) is 5.32 Å². The number of hydrogen-bond acceptors (Lipinski definition) is 4. The first kappa shape index (κ1) is 15.8. The molecule has 122 valence electrons. The minimum absolute atomic E-state index is 0.131. The molecule has 0 aromatic rings. The third kappa shape index (κ3) is 1.95. The summed E-state index contributed by atoms with van der Waals surface area (Å²) in [4.78, 5) is 24.6. The van der Waals surface area contributed by atoms with E-state index in [1.165, 1.54) is 0 Å². The highest BCUT2D eigenvalue weighted by Gasteiger charge is 2.79. The van der Waals surface area contributed by atoms with Crippen LogP contribution in [0.1, 0.15) is 39.0 Å². The maximum Gasteiger partial charge on any atom is 0.339 e. The molecule has 1 amide bonds. The second kappa shape index (κ2) is 5.53. The first-order chi connectivity index (χ1) is 10.5. The fraction of sp³-hybridized carbons (Fsp3) is 0.750. The summed E-state index contributed by atoms with van der Waals surface area (Å²) in [6.07, 6.45) is 7.01. The highest BCUT2D eigenvalue weighted by Crippen LogP contribution is 2.53. The molecule has 22 heavy (non-hydrogen) atoms. The lowest BCUT2D eigenvalue weighted by atomic mass is 9.64. The molecular formula is C16H22ClNO4. The highest BCUT2D eigenvalue weighted by molar-refractivity contribution is 6.17. The van der Waals surface area contributed by atoms with E-state index < -0.39 is 29.1 Å². The third-order valence-corrected chi connectivity index (χ3v) is 5.75. The van der Waals surface area contributed by atoms with Gasteiger partial charge < -0.3 is 15.2 Å². The van der Waals surface area contributed by atoms with Crippen LogP contribution in [-0.2, 0) is 14.3 Å². The van der Waals surface area contributed by atoms with Crippen molar-refractivity contribution in [2.45, 2.75) is 56.3 Å². The van der Waals surface area contributed by atoms with Gasteiger partial charge >= 0.3 is 5.97 Å². The zero-order valence-corrected chi connectivity index (χ0v) is 13.4. The number of nitrogens with one attached hydrogen (secondary N) is 1. The number of aliphatic hydroxyl groups is 1. The number of fused-ring (bicyclic) bond motifs is 1. The first-order valence-corrected chi connectivity index (χ1v) is 8.47. The average Bonchev–Trinajstić information content (AvgIpc) is 2.69. The van der Waals surface area contributed by atoms with E-state index in [0.717, 1.165) is 19.3 Å². The van der Waals surface area contributed by atoms with E-state index in [1.807, 2.05) is 12.2 Å². The number of esters is 1. The number of allylic oxidation sites excluding steroid dienone is 1. The molecule has 5 nitrogen and oxygen atoms in total. The Morgan fingerprint density at radius 2 is 2.32 bits per heavy atom. The number of rotatable bonds is 5. The molecule has 0 bridgehead atoms. The number of ether oxygens (including phenoxy) is 1. The Bertz CT molecular complexity index is 522. The number of amides is 1. The Balaban J connectivity index is 1.90. The molecule has 3 rings (SSSR count). The molecule has 0 aromatic heterocycles. The van der Waals surface area contributed by atoms with E-state index in [-0.39, 0.29) is 11.8 Å². The van der Waals surface area contributed by atoms with Gasteiger partial charge in [0.15, 0.2) is 5.60 Å². The molecule has 2 aliphatic heterocycles. The second-order valence-corrected chi connectivity index (χ2v) is 7.02. The van der Waals surface area contributed by atoms with Crippen molar-refractivity contribution in [2.75, 3.05) is 5.88 Å². The van der Waals surface area contributed by atoms with Crippen molar-refractivity contribution in [2.24, 2.45) is 11.8 Å². The van der Waals surface area contributed by atoms with E-state index >= 15 is 0 Å². The summed E-state index contributed by atoms with van der Waals surface area (Å²) >= 11 is 5.72. The van der Waals surface area contributed by atoms with Crippen LogP contribution in [0.25, 0.3) is 0 Å². The number of carbonyl (C=O) groups excluding carboxylic acids is 2. The van der Waals surface area contributed by atoms with Crippen molar-refractivity contribution >= 4 is 23.5 Å². The van der Waals surface area contributed by atoms with Gasteiger partial charge in [-0.25, -0.2) is 4.79 Å². The Labute approximate surface area is 135 Å². The number of carbonyl (C=O) groups is 2. The lowest BCUT2D eigenvalue weighted by Gasteiger charge is -2.54. The summed E-state index contributed by atoms with van der Waals surface area (Å²) in [5.74, 6) is -0.881. The van der Waals surface area contributed by atoms with Gasteiger partial charge in [0.2, 0.25) is 11.4 Å². The number of aliphatic hydroxyl groups excluding tert-OH is 1. The molecule has 0 spiro atoms. The summed E-state index contributed by atoms with van der Waals surface area (Å²) in [5.41, 5.74) is -2.30. The van der Waals surface area contributed by atoms with Gasteiger partial charge in [0.05, 0.1) is 12.0 Å². The third-order valence-electron chi connectivity index (χ3n) is 5.48. The van der Waals surface area contributed by atoms with Gasteiger partial charge in [-0.05, 0) is 39.0 Å². The van der Waals surface area contributed by atoms with Crippen molar-refractivity contribution in [3.05, 3.63) is 12.2 Å². The molecule has 0 saturated carbocycles. The van der Waals surface area contributed by atoms with Crippen LogP contribution in [0.3, 0.4) is 0 Å². The van der Waals surface area contributed by atoms with Crippen LogP contribution >= 0.6 is 11.6 Å². The van der Waals surface area contributed by atoms with Gasteiger partial charge in [-0.1, -0.05) is 12.2 Å². The van der Waals surface area contributed by atoms with Gasteiger partial charge in [-0.3, -0.25) is 4.79 Å². The van der Waals surface area contributed by atoms with Gasteiger partial charge in [0.25, 0.3) is 0 Å². The summed E-state index contributed by atoms with van der Waals surface area (Å²) in [7, 11) is 0. The standard InChI is InChI=1S/C16H22ClNO4/c1-15-11(8-5-9-17)13(20)18-16(15,14(21)22-15)12(19)10-6-3-2-4-7-10/h3,6,10-12,19H,2,4-5,7-9H2,1H3,(H,18,20)/t10-,11+,12+,15+,16+/m1/s1. The quantitative estimate of drug-likeness (QED) is 0.456. The molecule has 2 fully saturated rings. The lowest BCUT2D eigenvalue weighted by molar-refractivity contribution is -0.238. The van der Waals surface area contributed by atoms with E-state index in [4.69, 9.17) is 16.3 Å². The molecule has 3 aliphatic rings. The van der Waals surface area contributed by atoms with Gasteiger partial charge in [-0.2, -0.15) is 0 Å². The van der Waals surface area contributed by atoms with Crippen LogP contribution in [0.5, 0.6) is 0 Å². The lowest BCUT2D eigenvalue weighted by Crippen LogP contribution is -2.80. The summed E-state index contributed by atoms with van der Waals surface area (Å²) in [6, 6.07) is 0. The van der Waals surface area contributed by atoms with Gasteiger partial charge in [0, 0.05) is 11.8 Å². The molecule has 2 saturated heterocycles. The second-order valence-electron chi connectivity index (χ2n) is 6.65. The fourth-order valence-electron chi connectivity index (χ4n) is 4.16. The van der Waals surface area contributed by atoms with Crippen LogP contribution in [0.2, 0.25) is 0 Å². The zero-order chi connectivity index (χ0) is 16.0. The predicted octanol–water partition coefficient (Wildman–Crippen LogP) is 1.52. The summed E-state index contributed by atoms with van der Waals surface area (Å²) in [6.45, 7) is 1.75.